The second kappa shape index (κ2) is 5.66. The van der Waals surface area contributed by atoms with Gasteiger partial charge in [-0.05, 0) is 19.8 Å². The van der Waals surface area contributed by atoms with Crippen LogP contribution in [0.4, 0.5) is 0 Å². The van der Waals surface area contributed by atoms with Gasteiger partial charge in [0, 0.05) is 19.6 Å². The second-order valence-electron chi connectivity index (χ2n) is 4.79. The van der Waals surface area contributed by atoms with E-state index in [1.165, 1.54) is 0 Å². The van der Waals surface area contributed by atoms with Crippen LogP contribution in [0.2, 0.25) is 0 Å². The Kier molecular flexibility index (Phi) is 4.20. The van der Waals surface area contributed by atoms with E-state index in [0.29, 0.717) is 25.4 Å². The van der Waals surface area contributed by atoms with Crippen molar-refractivity contribution in [2.24, 2.45) is 10.9 Å². The predicted octanol–water partition coefficient (Wildman–Crippen LogP) is 0.00110. The average molecular weight is 243 g/mol. The highest BCUT2D eigenvalue weighted by Crippen LogP contribution is 2.20. The SMILES string of the molecule is CC1CCC(CN2CCOC(C(N)=NO)C2)O1. The number of amidine groups is 1. The molecule has 2 heterocycles. The third-order valence-corrected chi connectivity index (χ3v) is 3.38. The van der Waals surface area contributed by atoms with Crippen LogP contribution in [0.3, 0.4) is 0 Å². The second-order valence-corrected chi connectivity index (χ2v) is 4.79. The molecule has 6 nitrogen and oxygen atoms in total. The molecule has 0 aromatic heterocycles. The van der Waals surface area contributed by atoms with Crippen molar-refractivity contribution in [2.45, 2.75) is 38.1 Å². The van der Waals surface area contributed by atoms with E-state index in [1.807, 2.05) is 0 Å². The normalized spacial score (nSPS) is 36.3. The first-order chi connectivity index (χ1) is 8.19. The van der Waals surface area contributed by atoms with E-state index >= 15 is 0 Å². The van der Waals surface area contributed by atoms with Gasteiger partial charge < -0.3 is 20.4 Å². The smallest absolute Gasteiger partial charge is 0.169 e. The summed E-state index contributed by atoms with van der Waals surface area (Å²) in [6, 6.07) is 0. The molecule has 17 heavy (non-hydrogen) atoms. The quantitative estimate of drug-likeness (QED) is 0.316. The van der Waals surface area contributed by atoms with Crippen LogP contribution in [0, 0.1) is 0 Å². The molecule has 0 amide bonds. The summed E-state index contributed by atoms with van der Waals surface area (Å²) in [5.41, 5.74) is 5.56. The summed E-state index contributed by atoms with van der Waals surface area (Å²) in [6.07, 6.45) is 2.65. The van der Waals surface area contributed by atoms with Gasteiger partial charge in [-0.15, -0.1) is 0 Å². The fourth-order valence-electron chi connectivity index (χ4n) is 2.42. The third-order valence-electron chi connectivity index (χ3n) is 3.38. The van der Waals surface area contributed by atoms with Gasteiger partial charge in [0.15, 0.2) is 5.84 Å². The van der Waals surface area contributed by atoms with Gasteiger partial charge in [0.1, 0.15) is 6.10 Å². The lowest BCUT2D eigenvalue weighted by Crippen LogP contribution is -2.50. The van der Waals surface area contributed by atoms with E-state index in [-0.39, 0.29) is 11.9 Å². The highest BCUT2D eigenvalue weighted by molar-refractivity contribution is 5.84. The minimum absolute atomic E-state index is 0.149. The molecule has 6 heteroatoms. The highest BCUT2D eigenvalue weighted by Gasteiger charge is 2.28. The largest absolute Gasteiger partial charge is 0.409 e. The number of rotatable bonds is 3. The minimum atomic E-state index is -0.299. The molecule has 3 atom stereocenters. The number of hydrogen-bond acceptors (Lipinski definition) is 5. The van der Waals surface area contributed by atoms with Crippen LogP contribution in [0.5, 0.6) is 0 Å². The van der Waals surface area contributed by atoms with Crippen molar-refractivity contribution in [3.63, 3.8) is 0 Å². The maximum atomic E-state index is 8.63. The lowest BCUT2D eigenvalue weighted by Gasteiger charge is -2.33. The van der Waals surface area contributed by atoms with E-state index in [4.69, 9.17) is 20.4 Å². The van der Waals surface area contributed by atoms with Gasteiger partial charge in [0.05, 0.1) is 18.8 Å². The Labute approximate surface area is 101 Å². The Morgan fingerprint density at radius 1 is 1.53 bits per heavy atom. The molecule has 2 aliphatic heterocycles. The zero-order valence-electron chi connectivity index (χ0n) is 10.2. The Balaban J connectivity index is 1.81. The fourth-order valence-corrected chi connectivity index (χ4v) is 2.42. The molecular formula is C11H21N3O3. The van der Waals surface area contributed by atoms with Gasteiger partial charge in [0.2, 0.25) is 0 Å². The Morgan fingerprint density at radius 3 is 3.00 bits per heavy atom. The van der Waals surface area contributed by atoms with Crippen LogP contribution in [0.15, 0.2) is 5.16 Å². The zero-order valence-corrected chi connectivity index (χ0v) is 10.2. The van der Waals surface area contributed by atoms with Gasteiger partial charge in [-0.1, -0.05) is 5.16 Å². The molecule has 0 aliphatic carbocycles. The Hall–Kier alpha value is -0.850. The predicted molar refractivity (Wildman–Crippen MR) is 63.2 cm³/mol. The van der Waals surface area contributed by atoms with E-state index in [1.54, 1.807) is 0 Å². The van der Waals surface area contributed by atoms with E-state index in [9.17, 15) is 0 Å². The van der Waals surface area contributed by atoms with Crippen molar-refractivity contribution >= 4 is 5.84 Å². The van der Waals surface area contributed by atoms with Crippen LogP contribution in [0.25, 0.3) is 0 Å². The number of nitrogens with zero attached hydrogens (tertiary/aromatic N) is 2. The first-order valence-electron chi connectivity index (χ1n) is 6.16. The number of oxime groups is 1. The lowest BCUT2D eigenvalue weighted by molar-refractivity contribution is -0.0254. The molecule has 0 spiro atoms. The summed E-state index contributed by atoms with van der Waals surface area (Å²) in [5, 5.41) is 11.6. The molecule has 0 bridgehead atoms. The molecule has 3 N–H and O–H groups in total. The first-order valence-corrected chi connectivity index (χ1v) is 6.16. The molecule has 2 saturated heterocycles. The first kappa shape index (κ1) is 12.6. The van der Waals surface area contributed by atoms with Crippen LogP contribution >= 0.6 is 0 Å². The standard InChI is InChI=1S/C11H21N3O3/c1-8-2-3-9(17-8)6-14-4-5-16-10(7-14)11(12)13-15/h8-10,15H,2-7H2,1H3,(H2,12,13). The summed E-state index contributed by atoms with van der Waals surface area (Å²) in [6.45, 7) is 5.18. The molecule has 0 saturated carbocycles. The zero-order chi connectivity index (χ0) is 12.3. The van der Waals surface area contributed by atoms with Crippen molar-refractivity contribution in [1.29, 1.82) is 0 Å². The summed E-state index contributed by atoms with van der Waals surface area (Å²) in [7, 11) is 0. The van der Waals surface area contributed by atoms with E-state index in [2.05, 4.69) is 17.0 Å². The number of hydrogen-bond donors (Lipinski definition) is 2. The van der Waals surface area contributed by atoms with E-state index in [0.717, 1.165) is 25.9 Å². The van der Waals surface area contributed by atoms with Gasteiger partial charge in [-0.25, -0.2) is 0 Å². The maximum Gasteiger partial charge on any atom is 0.169 e. The van der Waals surface area contributed by atoms with Crippen LogP contribution < -0.4 is 5.73 Å². The summed E-state index contributed by atoms with van der Waals surface area (Å²) in [5.74, 6) is 0.149. The van der Waals surface area contributed by atoms with Gasteiger partial charge in [-0.2, -0.15) is 0 Å². The monoisotopic (exact) mass is 243 g/mol. The molecular weight excluding hydrogens is 222 g/mol. The molecule has 2 rings (SSSR count). The number of morpholine rings is 1. The number of nitrogens with two attached hydrogens (primary N) is 1. The molecule has 2 fully saturated rings. The molecule has 3 unspecified atom stereocenters. The van der Waals surface area contributed by atoms with Gasteiger partial charge >= 0.3 is 0 Å². The topological polar surface area (TPSA) is 80.3 Å². The van der Waals surface area contributed by atoms with Crippen molar-refractivity contribution < 1.29 is 14.7 Å². The van der Waals surface area contributed by atoms with E-state index < -0.39 is 0 Å². The summed E-state index contributed by atoms with van der Waals surface area (Å²) in [4.78, 5) is 2.26. The van der Waals surface area contributed by atoms with Gasteiger partial charge in [-0.3, -0.25) is 4.90 Å². The highest BCUT2D eigenvalue weighted by atomic mass is 16.5. The number of ether oxygens (including phenoxy) is 2. The maximum absolute atomic E-state index is 8.63. The summed E-state index contributed by atoms with van der Waals surface area (Å²) < 4.78 is 11.2. The Bertz CT molecular complexity index is 285. The van der Waals surface area contributed by atoms with Crippen LogP contribution in [-0.2, 0) is 9.47 Å². The van der Waals surface area contributed by atoms with Crippen molar-refractivity contribution in [1.82, 2.24) is 4.90 Å². The minimum Gasteiger partial charge on any atom is -0.409 e. The molecule has 0 aromatic carbocycles. The molecule has 98 valence electrons. The third kappa shape index (κ3) is 3.31. The molecule has 0 radical (unpaired) electrons. The van der Waals surface area contributed by atoms with Crippen molar-refractivity contribution in [3.8, 4) is 0 Å². The van der Waals surface area contributed by atoms with Crippen molar-refractivity contribution in [3.05, 3.63) is 0 Å². The van der Waals surface area contributed by atoms with Crippen molar-refractivity contribution in [2.75, 3.05) is 26.2 Å². The fraction of sp³-hybridized carbons (Fsp3) is 0.909. The lowest BCUT2D eigenvalue weighted by atomic mass is 10.2. The van der Waals surface area contributed by atoms with Gasteiger partial charge in [0.25, 0.3) is 0 Å². The molecule has 0 aromatic rings. The average Bonchev–Trinajstić information content (AvgIpc) is 2.74. The summed E-state index contributed by atoms with van der Waals surface area (Å²) >= 11 is 0. The van der Waals surface area contributed by atoms with Crippen LogP contribution in [0.1, 0.15) is 19.8 Å². The molecule has 2 aliphatic rings. The Morgan fingerprint density at radius 2 is 2.35 bits per heavy atom. The van der Waals surface area contributed by atoms with Crippen LogP contribution in [-0.4, -0.2) is 60.5 Å².